The van der Waals surface area contributed by atoms with Crippen LogP contribution < -0.4 is 4.90 Å². The minimum atomic E-state index is 0.422. The van der Waals surface area contributed by atoms with E-state index in [9.17, 15) is 0 Å². The van der Waals surface area contributed by atoms with Gasteiger partial charge in [-0.2, -0.15) is 9.47 Å². The summed E-state index contributed by atoms with van der Waals surface area (Å²) in [6.07, 6.45) is 3.81. The van der Waals surface area contributed by atoms with Crippen molar-refractivity contribution in [2.24, 2.45) is 0 Å². The molecule has 3 heterocycles. The van der Waals surface area contributed by atoms with Gasteiger partial charge in [-0.25, -0.2) is 4.98 Å². The van der Waals surface area contributed by atoms with Gasteiger partial charge in [0.15, 0.2) is 5.82 Å². The molecule has 96 valence electrons. The van der Waals surface area contributed by atoms with Crippen molar-refractivity contribution in [3.8, 4) is 0 Å². The Bertz CT molecular complexity index is 536. The van der Waals surface area contributed by atoms with Gasteiger partial charge in [0.2, 0.25) is 5.13 Å². The van der Waals surface area contributed by atoms with Crippen LogP contribution in [0.4, 0.5) is 5.13 Å². The fraction of sp³-hybridized carbons (Fsp3) is 0.500. The van der Waals surface area contributed by atoms with Gasteiger partial charge in [0.1, 0.15) is 6.61 Å². The number of halogens is 1. The number of anilines is 1. The highest BCUT2D eigenvalue weighted by atomic mass is 79.9. The third-order valence-corrected chi connectivity index (χ3v) is 4.03. The van der Waals surface area contributed by atoms with Crippen LogP contribution in [0.15, 0.2) is 16.9 Å². The predicted molar refractivity (Wildman–Crippen MR) is 71.8 cm³/mol. The normalized spacial score (nSPS) is 16.0. The Balaban J connectivity index is 1.61. The Labute approximate surface area is 117 Å². The Morgan fingerprint density at radius 1 is 1.56 bits per heavy atom. The van der Waals surface area contributed by atoms with E-state index in [-0.39, 0.29) is 0 Å². The van der Waals surface area contributed by atoms with E-state index in [4.69, 9.17) is 4.74 Å². The third kappa shape index (κ3) is 2.27. The maximum atomic E-state index is 5.01. The van der Waals surface area contributed by atoms with Gasteiger partial charge in [0.05, 0.1) is 16.7 Å². The second-order valence-electron chi connectivity index (χ2n) is 4.12. The van der Waals surface area contributed by atoms with E-state index >= 15 is 0 Å². The Morgan fingerprint density at radius 3 is 3.06 bits per heavy atom. The lowest BCUT2D eigenvalue weighted by Gasteiger charge is -2.38. The number of rotatable bonds is 4. The second kappa shape index (κ2) is 4.94. The van der Waals surface area contributed by atoms with Gasteiger partial charge in [-0.05, 0) is 15.9 Å². The first kappa shape index (κ1) is 12.1. The molecule has 0 radical (unpaired) electrons. The molecule has 0 aromatic carbocycles. The summed E-state index contributed by atoms with van der Waals surface area (Å²) in [7, 11) is 1.65. The van der Waals surface area contributed by atoms with Crippen molar-refractivity contribution in [1.29, 1.82) is 0 Å². The average molecular weight is 330 g/mol. The molecule has 1 fully saturated rings. The molecular weight excluding hydrogens is 318 g/mol. The number of nitrogens with zero attached hydrogens (tertiary/aromatic N) is 5. The van der Waals surface area contributed by atoms with Gasteiger partial charge >= 0.3 is 0 Å². The lowest BCUT2D eigenvalue weighted by molar-refractivity contribution is 0.179. The molecule has 1 saturated heterocycles. The zero-order valence-electron chi connectivity index (χ0n) is 9.78. The molecule has 8 heteroatoms. The van der Waals surface area contributed by atoms with Gasteiger partial charge in [0.25, 0.3) is 0 Å². The molecular formula is C10H12BrN5OS. The summed E-state index contributed by atoms with van der Waals surface area (Å²) in [6.45, 7) is 2.32. The van der Waals surface area contributed by atoms with Gasteiger partial charge in [-0.15, -0.1) is 0 Å². The highest BCUT2D eigenvalue weighted by molar-refractivity contribution is 9.10. The molecule has 0 spiro atoms. The van der Waals surface area contributed by atoms with E-state index in [1.54, 1.807) is 7.11 Å². The van der Waals surface area contributed by atoms with Crippen molar-refractivity contribution in [2.75, 3.05) is 25.1 Å². The maximum absolute atomic E-state index is 5.01. The van der Waals surface area contributed by atoms with Crippen LogP contribution in [0.3, 0.4) is 0 Å². The molecule has 0 bridgehead atoms. The number of hydrogen-bond acceptors (Lipinski definition) is 6. The summed E-state index contributed by atoms with van der Waals surface area (Å²) in [5.41, 5.74) is 0. The first-order valence-corrected chi connectivity index (χ1v) is 7.09. The number of hydrogen-bond donors (Lipinski definition) is 0. The van der Waals surface area contributed by atoms with Gasteiger partial charge < -0.3 is 9.64 Å². The van der Waals surface area contributed by atoms with E-state index in [2.05, 4.69) is 35.3 Å². The van der Waals surface area contributed by atoms with Crippen molar-refractivity contribution >= 4 is 32.6 Å². The predicted octanol–water partition coefficient (Wildman–Crippen LogP) is 1.70. The molecule has 2 aromatic heterocycles. The minimum absolute atomic E-state index is 0.422. The maximum Gasteiger partial charge on any atom is 0.205 e. The zero-order valence-corrected chi connectivity index (χ0v) is 12.2. The summed E-state index contributed by atoms with van der Waals surface area (Å²) in [6, 6.07) is 0.422. The largest absolute Gasteiger partial charge is 0.377 e. The molecule has 0 unspecified atom stereocenters. The molecule has 0 atom stereocenters. The van der Waals surface area contributed by atoms with E-state index < -0.39 is 0 Å². The van der Waals surface area contributed by atoms with E-state index in [0.29, 0.717) is 12.6 Å². The van der Waals surface area contributed by atoms with Crippen molar-refractivity contribution in [3.63, 3.8) is 0 Å². The van der Waals surface area contributed by atoms with Crippen LogP contribution in [0.2, 0.25) is 0 Å². The van der Waals surface area contributed by atoms with E-state index in [1.165, 1.54) is 11.5 Å². The average Bonchev–Trinajstić information content (AvgIpc) is 2.88. The quantitative estimate of drug-likeness (QED) is 0.854. The lowest BCUT2D eigenvalue weighted by Crippen LogP contribution is -2.48. The monoisotopic (exact) mass is 329 g/mol. The SMILES string of the molecule is COCc1nsc(N2CC(n3cc(Br)cn3)C2)n1. The lowest BCUT2D eigenvalue weighted by atomic mass is 10.1. The standard InChI is InChI=1S/C10H12BrN5OS/c1-17-6-9-13-10(18-14-9)15-4-8(5-15)16-3-7(11)2-12-16/h2-3,8H,4-6H2,1H3. The summed E-state index contributed by atoms with van der Waals surface area (Å²) in [4.78, 5) is 6.63. The Hall–Kier alpha value is -0.990. The van der Waals surface area contributed by atoms with Crippen molar-refractivity contribution in [2.45, 2.75) is 12.6 Å². The summed E-state index contributed by atoms with van der Waals surface area (Å²) < 4.78 is 12.3. The molecule has 0 N–H and O–H groups in total. The highest BCUT2D eigenvalue weighted by Crippen LogP contribution is 2.29. The number of aromatic nitrogens is 4. The molecule has 0 aliphatic carbocycles. The van der Waals surface area contributed by atoms with Crippen molar-refractivity contribution in [3.05, 3.63) is 22.7 Å². The highest BCUT2D eigenvalue weighted by Gasteiger charge is 2.31. The molecule has 2 aromatic rings. The van der Waals surface area contributed by atoms with Crippen molar-refractivity contribution < 1.29 is 4.74 Å². The van der Waals surface area contributed by atoms with Gasteiger partial charge in [-0.1, -0.05) is 0 Å². The third-order valence-electron chi connectivity index (χ3n) is 2.81. The van der Waals surface area contributed by atoms with Crippen LogP contribution in [-0.2, 0) is 11.3 Å². The Kier molecular flexibility index (Phi) is 3.31. The first-order chi connectivity index (χ1) is 8.76. The second-order valence-corrected chi connectivity index (χ2v) is 5.77. The van der Waals surface area contributed by atoms with E-state index in [1.807, 2.05) is 17.1 Å². The summed E-state index contributed by atoms with van der Waals surface area (Å²) in [5, 5.41) is 5.25. The molecule has 6 nitrogen and oxygen atoms in total. The van der Waals surface area contributed by atoms with E-state index in [0.717, 1.165) is 28.5 Å². The topological polar surface area (TPSA) is 56.1 Å². The van der Waals surface area contributed by atoms with Crippen LogP contribution in [0.25, 0.3) is 0 Å². The van der Waals surface area contributed by atoms with Crippen molar-refractivity contribution in [1.82, 2.24) is 19.1 Å². The molecule has 1 aliphatic heterocycles. The van der Waals surface area contributed by atoms with Crippen LogP contribution in [0.5, 0.6) is 0 Å². The zero-order chi connectivity index (χ0) is 12.5. The molecule has 0 saturated carbocycles. The van der Waals surface area contributed by atoms with Crippen LogP contribution >= 0.6 is 27.5 Å². The summed E-state index contributed by atoms with van der Waals surface area (Å²) >= 11 is 4.82. The van der Waals surface area contributed by atoms with Crippen LogP contribution in [0.1, 0.15) is 11.9 Å². The molecule has 3 rings (SSSR count). The minimum Gasteiger partial charge on any atom is -0.377 e. The fourth-order valence-corrected chi connectivity index (χ4v) is 2.85. The Morgan fingerprint density at radius 2 is 2.39 bits per heavy atom. The smallest absolute Gasteiger partial charge is 0.205 e. The van der Waals surface area contributed by atoms with Crippen LogP contribution in [-0.4, -0.2) is 39.3 Å². The molecule has 18 heavy (non-hydrogen) atoms. The molecule has 1 aliphatic rings. The number of methoxy groups -OCH3 is 1. The van der Waals surface area contributed by atoms with Gasteiger partial charge in [0, 0.05) is 37.9 Å². The molecule has 0 amide bonds. The fourth-order valence-electron chi connectivity index (χ4n) is 1.85. The van der Waals surface area contributed by atoms with Gasteiger partial charge in [-0.3, -0.25) is 4.68 Å². The number of ether oxygens (including phenoxy) is 1. The van der Waals surface area contributed by atoms with Crippen LogP contribution in [0, 0.1) is 0 Å². The first-order valence-electron chi connectivity index (χ1n) is 5.52. The summed E-state index contributed by atoms with van der Waals surface area (Å²) in [5.74, 6) is 0.753.